The molecule has 16 heteroatoms. The Hall–Kier alpha value is -1.51. The van der Waals surface area contributed by atoms with Crippen LogP contribution < -0.4 is 34.0 Å². The molecule has 16 N–H and O–H groups in total. The first-order valence-corrected chi connectivity index (χ1v) is 12.7. The predicted octanol–water partition coefficient (Wildman–Crippen LogP) is -5.93. The number of amides is 1. The van der Waals surface area contributed by atoms with E-state index in [-0.39, 0.29) is 43.5 Å². The Labute approximate surface area is 220 Å². The summed E-state index contributed by atoms with van der Waals surface area (Å²) in [7, 11) is 0. The number of aliphatic hydroxyl groups excluding tert-OH is 5. The van der Waals surface area contributed by atoms with Crippen LogP contribution in [0.25, 0.3) is 0 Å². The molecule has 12 unspecified atom stereocenters. The van der Waals surface area contributed by atoms with Gasteiger partial charge in [0.1, 0.15) is 36.6 Å². The second-order valence-corrected chi connectivity index (χ2v) is 9.84. The van der Waals surface area contributed by atoms with Gasteiger partial charge in [0.15, 0.2) is 12.0 Å². The molecule has 2 saturated heterocycles. The molecule has 0 radical (unpaired) electrons. The van der Waals surface area contributed by atoms with E-state index < -0.39 is 79.8 Å². The van der Waals surface area contributed by atoms with Gasteiger partial charge in [-0.1, -0.05) is 0 Å². The normalized spacial score (nSPS) is 41.1. The molecule has 0 saturated carbocycles. The third kappa shape index (κ3) is 6.97. The summed E-state index contributed by atoms with van der Waals surface area (Å²) < 4.78 is 23.1. The third-order valence-corrected chi connectivity index (χ3v) is 6.99. The summed E-state index contributed by atoms with van der Waals surface area (Å²) in [5, 5.41) is 54.1. The van der Waals surface area contributed by atoms with Gasteiger partial charge >= 0.3 is 0 Å². The number of nitrogens with two attached hydrogens (primary N) is 5. The lowest BCUT2D eigenvalue weighted by molar-refractivity contribution is -0.275. The van der Waals surface area contributed by atoms with Gasteiger partial charge < -0.3 is 78.5 Å². The lowest BCUT2D eigenvalue weighted by Crippen LogP contribution is -2.63. The molecule has 0 aromatic carbocycles. The highest BCUT2D eigenvalue weighted by Gasteiger charge is 2.47. The topological polar surface area (TPSA) is 297 Å². The van der Waals surface area contributed by atoms with Crippen LogP contribution in [0.2, 0.25) is 0 Å². The van der Waals surface area contributed by atoms with Crippen molar-refractivity contribution in [3.63, 3.8) is 0 Å². The fraction of sp³-hybridized carbons (Fsp3) is 0.864. The van der Waals surface area contributed by atoms with Crippen molar-refractivity contribution in [2.24, 2.45) is 28.7 Å². The van der Waals surface area contributed by atoms with Crippen LogP contribution in [-0.4, -0.2) is 125 Å². The zero-order valence-corrected chi connectivity index (χ0v) is 21.0. The van der Waals surface area contributed by atoms with Crippen LogP contribution in [0.5, 0.6) is 0 Å². The minimum absolute atomic E-state index is 0.00402. The second kappa shape index (κ2) is 13.7. The second-order valence-electron chi connectivity index (χ2n) is 9.84. The quantitative estimate of drug-likeness (QED) is 0.121. The molecule has 2 fully saturated rings. The van der Waals surface area contributed by atoms with Gasteiger partial charge in [-0.3, -0.25) is 4.79 Å². The van der Waals surface area contributed by atoms with E-state index in [1.165, 1.54) is 0 Å². The van der Waals surface area contributed by atoms with Gasteiger partial charge in [0, 0.05) is 19.0 Å². The van der Waals surface area contributed by atoms with E-state index in [0.29, 0.717) is 12.8 Å². The molecule has 1 aliphatic carbocycles. The number of hydrogen-bond donors (Lipinski definition) is 11. The molecule has 220 valence electrons. The van der Waals surface area contributed by atoms with Crippen LogP contribution in [0.15, 0.2) is 11.5 Å². The summed E-state index contributed by atoms with van der Waals surface area (Å²) in [6, 6.07) is -2.67. The maximum atomic E-state index is 12.5. The van der Waals surface area contributed by atoms with E-state index >= 15 is 0 Å². The van der Waals surface area contributed by atoms with E-state index in [1.807, 2.05) is 0 Å². The van der Waals surface area contributed by atoms with Gasteiger partial charge in [-0.05, 0) is 25.8 Å². The number of aliphatic hydroxyl groups is 5. The maximum absolute atomic E-state index is 12.5. The molecule has 0 spiro atoms. The highest BCUT2D eigenvalue weighted by molar-refractivity contribution is 5.82. The van der Waals surface area contributed by atoms with Crippen LogP contribution in [0, 0.1) is 0 Å². The number of carbonyl (C=O) groups is 1. The first-order valence-electron chi connectivity index (χ1n) is 12.7. The molecular formula is C22H42N6O10. The summed E-state index contributed by atoms with van der Waals surface area (Å²) in [5.41, 5.74) is 29.5. The van der Waals surface area contributed by atoms with Crippen molar-refractivity contribution in [1.82, 2.24) is 5.32 Å². The first-order chi connectivity index (χ1) is 18.0. The Morgan fingerprint density at radius 2 is 1.76 bits per heavy atom. The van der Waals surface area contributed by atoms with E-state index in [1.54, 1.807) is 0 Å². The molecule has 2 heterocycles. The van der Waals surface area contributed by atoms with Gasteiger partial charge in [0.2, 0.25) is 6.29 Å². The van der Waals surface area contributed by atoms with E-state index in [2.05, 4.69) is 5.32 Å². The molecule has 3 aliphatic rings. The third-order valence-electron chi connectivity index (χ3n) is 6.99. The summed E-state index contributed by atoms with van der Waals surface area (Å²) in [6.45, 7) is -0.338. The number of carbonyl (C=O) groups excluding carboxylic acids is 1. The number of ether oxygens (including phenoxy) is 4. The zero-order chi connectivity index (χ0) is 28.1. The maximum Gasteiger partial charge on any atom is 0.253 e. The van der Waals surface area contributed by atoms with Gasteiger partial charge in [-0.15, -0.1) is 0 Å². The summed E-state index contributed by atoms with van der Waals surface area (Å²) in [5.74, 6) is -1.10. The molecule has 38 heavy (non-hydrogen) atoms. The molecule has 1 amide bonds. The van der Waals surface area contributed by atoms with Crippen molar-refractivity contribution in [2.75, 3.05) is 19.7 Å². The average Bonchev–Trinajstić information content (AvgIpc) is 2.89. The van der Waals surface area contributed by atoms with Crippen molar-refractivity contribution in [2.45, 2.75) is 99.1 Å². The molecule has 2 aliphatic heterocycles. The minimum atomic E-state index is -1.62. The van der Waals surface area contributed by atoms with Gasteiger partial charge in [0.25, 0.3) is 5.91 Å². The van der Waals surface area contributed by atoms with Crippen LogP contribution in [0.4, 0.5) is 0 Å². The van der Waals surface area contributed by atoms with Gasteiger partial charge in [-0.2, -0.15) is 0 Å². The Bertz CT molecular complexity index is 821. The van der Waals surface area contributed by atoms with Gasteiger partial charge in [0.05, 0.1) is 30.5 Å². The molecule has 12 atom stereocenters. The summed E-state index contributed by atoms with van der Waals surface area (Å²) >= 11 is 0. The van der Waals surface area contributed by atoms with Crippen LogP contribution in [0.1, 0.15) is 25.7 Å². The summed E-state index contributed by atoms with van der Waals surface area (Å²) in [4.78, 5) is 12.5. The molecule has 0 aromatic heterocycles. The van der Waals surface area contributed by atoms with Crippen LogP contribution in [-0.2, 0) is 23.7 Å². The smallest absolute Gasteiger partial charge is 0.253 e. The van der Waals surface area contributed by atoms with E-state index in [9.17, 15) is 30.3 Å². The minimum Gasteiger partial charge on any atom is -0.462 e. The van der Waals surface area contributed by atoms with Crippen LogP contribution >= 0.6 is 0 Å². The standard InChI is InChI=1S/C22H42N6O10/c23-4-3-12(30)20(34)28-11-5-10(26)18(37-21-9(25)2-1-8(6-24)35-21)17(33)19(11)38-22-16(32)14(27)15(31)13(7-29)36-22/h8-10,12-18,21-22,29-33H,1-7,23-27H2,(H,28,34). The molecule has 3 rings (SSSR count). The zero-order valence-electron chi connectivity index (χ0n) is 21.0. The number of rotatable bonds is 10. The fourth-order valence-electron chi connectivity index (χ4n) is 4.64. The van der Waals surface area contributed by atoms with E-state index in [4.69, 9.17) is 47.6 Å². The average molecular weight is 551 g/mol. The highest BCUT2D eigenvalue weighted by Crippen LogP contribution is 2.33. The lowest BCUT2D eigenvalue weighted by Gasteiger charge is -2.44. The Balaban J connectivity index is 1.88. The largest absolute Gasteiger partial charge is 0.462 e. The molecular weight excluding hydrogens is 508 g/mol. The Morgan fingerprint density at radius 3 is 2.39 bits per heavy atom. The molecule has 0 aromatic rings. The predicted molar refractivity (Wildman–Crippen MR) is 130 cm³/mol. The Kier molecular flexibility index (Phi) is 11.2. The van der Waals surface area contributed by atoms with Crippen molar-refractivity contribution >= 4 is 5.91 Å². The van der Waals surface area contributed by atoms with Crippen molar-refractivity contribution in [3.8, 4) is 0 Å². The van der Waals surface area contributed by atoms with Crippen molar-refractivity contribution in [1.29, 1.82) is 0 Å². The van der Waals surface area contributed by atoms with Crippen molar-refractivity contribution < 1.29 is 49.3 Å². The monoisotopic (exact) mass is 550 g/mol. The summed E-state index contributed by atoms with van der Waals surface area (Å²) in [6.07, 6.45) is -10.1. The van der Waals surface area contributed by atoms with Crippen molar-refractivity contribution in [3.05, 3.63) is 11.5 Å². The number of nitrogens with one attached hydrogen (secondary N) is 1. The molecule has 16 nitrogen and oxygen atoms in total. The SMILES string of the molecule is NCCC(O)C(=O)NC1=C(OC2OC(CO)C(O)C(N)C2O)C(O)C(OC2OC(CN)CCC2N)C(N)C1. The Morgan fingerprint density at radius 1 is 1.05 bits per heavy atom. The number of hydrogen-bond acceptors (Lipinski definition) is 15. The fourth-order valence-corrected chi connectivity index (χ4v) is 4.64. The van der Waals surface area contributed by atoms with Crippen LogP contribution in [0.3, 0.4) is 0 Å². The van der Waals surface area contributed by atoms with Gasteiger partial charge in [-0.25, -0.2) is 0 Å². The first kappa shape index (κ1) is 31.0. The highest BCUT2D eigenvalue weighted by atomic mass is 16.7. The molecule has 0 bridgehead atoms. The lowest BCUT2D eigenvalue weighted by atomic mass is 9.91. The van der Waals surface area contributed by atoms with E-state index in [0.717, 1.165) is 0 Å².